The molecule has 2 unspecified atom stereocenters. The Balaban J connectivity index is 2.10. The summed E-state index contributed by atoms with van der Waals surface area (Å²) in [5, 5.41) is 12.0. The van der Waals surface area contributed by atoms with Crippen molar-refractivity contribution in [3.05, 3.63) is 29.8 Å². The highest BCUT2D eigenvalue weighted by Crippen LogP contribution is 2.26. The molecule has 1 aliphatic rings. The van der Waals surface area contributed by atoms with Gasteiger partial charge in [-0.25, -0.2) is 4.39 Å². The molecule has 0 spiro atoms. The van der Waals surface area contributed by atoms with Gasteiger partial charge in [0.25, 0.3) is 0 Å². The third-order valence-corrected chi connectivity index (χ3v) is 2.63. The van der Waals surface area contributed by atoms with Crippen LogP contribution in [0.15, 0.2) is 24.3 Å². The monoisotopic (exact) mass is 195 g/mol. The predicted octanol–water partition coefficient (Wildman–Crippen LogP) is 2.50. The standard InChI is InChI=1S/C11H14FNO/c12-11-3-1-2-10(13-11)8-4-6-9(14)7-5-8/h4-7,10-11,13-14H,1-3H2. The predicted molar refractivity (Wildman–Crippen MR) is 52.7 cm³/mol. The smallest absolute Gasteiger partial charge is 0.151 e. The molecule has 2 atom stereocenters. The summed E-state index contributed by atoms with van der Waals surface area (Å²) in [6.07, 6.45) is 1.60. The van der Waals surface area contributed by atoms with E-state index in [0.29, 0.717) is 6.42 Å². The van der Waals surface area contributed by atoms with Crippen LogP contribution >= 0.6 is 0 Å². The fraction of sp³-hybridized carbons (Fsp3) is 0.455. The van der Waals surface area contributed by atoms with Crippen molar-refractivity contribution < 1.29 is 9.50 Å². The summed E-state index contributed by atoms with van der Waals surface area (Å²) < 4.78 is 13.0. The molecule has 2 N–H and O–H groups in total. The van der Waals surface area contributed by atoms with Crippen LogP contribution in [0.3, 0.4) is 0 Å². The van der Waals surface area contributed by atoms with Crippen molar-refractivity contribution in [2.75, 3.05) is 0 Å². The number of aromatic hydroxyl groups is 1. The topological polar surface area (TPSA) is 32.3 Å². The van der Waals surface area contributed by atoms with Crippen molar-refractivity contribution in [3.8, 4) is 5.75 Å². The third kappa shape index (κ3) is 2.04. The SMILES string of the molecule is Oc1ccc(C2CCCC(F)N2)cc1. The Bertz CT molecular complexity index is 299. The molecule has 0 bridgehead atoms. The van der Waals surface area contributed by atoms with Gasteiger partial charge in [-0.05, 0) is 37.0 Å². The molecule has 1 fully saturated rings. The van der Waals surface area contributed by atoms with E-state index in [9.17, 15) is 4.39 Å². The Hall–Kier alpha value is -1.09. The summed E-state index contributed by atoms with van der Waals surface area (Å²) >= 11 is 0. The molecule has 1 heterocycles. The first-order valence-electron chi connectivity index (χ1n) is 4.95. The Labute approximate surface area is 82.8 Å². The molecule has 14 heavy (non-hydrogen) atoms. The van der Waals surface area contributed by atoms with E-state index in [-0.39, 0.29) is 11.8 Å². The van der Waals surface area contributed by atoms with E-state index in [2.05, 4.69) is 5.32 Å². The number of piperidine rings is 1. The highest BCUT2D eigenvalue weighted by molar-refractivity contribution is 5.28. The van der Waals surface area contributed by atoms with Crippen LogP contribution in [0.5, 0.6) is 5.75 Å². The Morgan fingerprint density at radius 1 is 1.21 bits per heavy atom. The maximum absolute atomic E-state index is 13.0. The van der Waals surface area contributed by atoms with Crippen LogP contribution in [0.2, 0.25) is 0 Å². The summed E-state index contributed by atoms with van der Waals surface area (Å²) in [6.45, 7) is 0. The number of hydrogen-bond acceptors (Lipinski definition) is 2. The van der Waals surface area contributed by atoms with Crippen LogP contribution in [0, 0.1) is 0 Å². The van der Waals surface area contributed by atoms with Crippen LogP contribution in [-0.4, -0.2) is 11.4 Å². The first-order chi connectivity index (χ1) is 6.75. The van der Waals surface area contributed by atoms with E-state index in [4.69, 9.17) is 5.11 Å². The van der Waals surface area contributed by atoms with Crippen molar-refractivity contribution in [3.63, 3.8) is 0 Å². The first kappa shape index (κ1) is 9.46. The van der Waals surface area contributed by atoms with Gasteiger partial charge >= 0.3 is 0 Å². The average molecular weight is 195 g/mol. The minimum Gasteiger partial charge on any atom is -0.508 e. The number of nitrogens with one attached hydrogen (secondary N) is 1. The molecular weight excluding hydrogens is 181 g/mol. The number of phenols is 1. The highest BCUT2D eigenvalue weighted by atomic mass is 19.1. The minimum atomic E-state index is -0.887. The number of benzene rings is 1. The van der Waals surface area contributed by atoms with Crippen molar-refractivity contribution >= 4 is 0 Å². The normalized spacial score (nSPS) is 27.5. The maximum atomic E-state index is 13.0. The second kappa shape index (κ2) is 3.96. The molecule has 1 aromatic rings. The Morgan fingerprint density at radius 2 is 1.93 bits per heavy atom. The van der Waals surface area contributed by atoms with E-state index >= 15 is 0 Å². The lowest BCUT2D eigenvalue weighted by atomic mass is 9.97. The molecule has 1 saturated heterocycles. The molecule has 76 valence electrons. The first-order valence-corrected chi connectivity index (χ1v) is 4.95. The Kier molecular flexibility index (Phi) is 2.68. The van der Waals surface area contributed by atoms with Gasteiger partial charge in [0.05, 0.1) is 0 Å². The van der Waals surface area contributed by atoms with Crippen LogP contribution in [-0.2, 0) is 0 Å². The lowest BCUT2D eigenvalue weighted by Gasteiger charge is -2.26. The van der Waals surface area contributed by atoms with Crippen molar-refractivity contribution in [2.45, 2.75) is 31.6 Å². The summed E-state index contributed by atoms with van der Waals surface area (Å²) in [5.41, 5.74) is 1.05. The largest absolute Gasteiger partial charge is 0.508 e. The molecule has 3 heteroatoms. The van der Waals surface area contributed by atoms with Crippen LogP contribution < -0.4 is 5.32 Å². The third-order valence-electron chi connectivity index (χ3n) is 2.63. The molecule has 2 nitrogen and oxygen atoms in total. The number of hydrogen-bond donors (Lipinski definition) is 2. The second-order valence-corrected chi connectivity index (χ2v) is 3.71. The van der Waals surface area contributed by atoms with Crippen molar-refractivity contribution in [2.24, 2.45) is 0 Å². The molecular formula is C11H14FNO. The van der Waals surface area contributed by atoms with Gasteiger partial charge in [0, 0.05) is 6.04 Å². The van der Waals surface area contributed by atoms with Crippen molar-refractivity contribution in [1.82, 2.24) is 5.32 Å². The molecule has 0 amide bonds. The fourth-order valence-corrected chi connectivity index (χ4v) is 1.86. The van der Waals surface area contributed by atoms with Crippen LogP contribution in [0.4, 0.5) is 4.39 Å². The van der Waals surface area contributed by atoms with E-state index in [1.807, 2.05) is 12.1 Å². The number of phenolic OH excluding ortho intramolecular Hbond substituents is 1. The van der Waals surface area contributed by atoms with Crippen LogP contribution in [0.1, 0.15) is 30.9 Å². The molecule has 0 aliphatic carbocycles. The summed E-state index contributed by atoms with van der Waals surface area (Å²) in [7, 11) is 0. The molecule has 0 saturated carbocycles. The second-order valence-electron chi connectivity index (χ2n) is 3.71. The van der Waals surface area contributed by atoms with Gasteiger partial charge < -0.3 is 5.11 Å². The van der Waals surface area contributed by atoms with Gasteiger partial charge in [-0.2, -0.15) is 0 Å². The maximum Gasteiger partial charge on any atom is 0.151 e. The minimum absolute atomic E-state index is 0.0966. The molecule has 0 radical (unpaired) electrons. The van der Waals surface area contributed by atoms with Gasteiger partial charge in [-0.15, -0.1) is 0 Å². The zero-order valence-corrected chi connectivity index (χ0v) is 7.91. The highest BCUT2D eigenvalue weighted by Gasteiger charge is 2.21. The summed E-state index contributed by atoms with van der Waals surface area (Å²) in [6, 6.07) is 7.05. The van der Waals surface area contributed by atoms with Crippen molar-refractivity contribution in [1.29, 1.82) is 0 Å². The molecule has 2 rings (SSSR count). The van der Waals surface area contributed by atoms with Gasteiger partial charge in [0.1, 0.15) is 5.75 Å². The quantitative estimate of drug-likeness (QED) is 0.675. The summed E-state index contributed by atoms with van der Waals surface area (Å²) in [4.78, 5) is 0. The molecule has 1 aromatic carbocycles. The number of halogens is 1. The zero-order chi connectivity index (χ0) is 9.97. The number of rotatable bonds is 1. The Morgan fingerprint density at radius 3 is 2.57 bits per heavy atom. The van der Waals surface area contributed by atoms with E-state index in [1.54, 1.807) is 12.1 Å². The zero-order valence-electron chi connectivity index (χ0n) is 7.91. The number of alkyl halides is 1. The van der Waals surface area contributed by atoms with Gasteiger partial charge in [0.2, 0.25) is 0 Å². The lowest BCUT2D eigenvalue weighted by Crippen LogP contribution is -2.33. The molecule has 1 aliphatic heterocycles. The fourth-order valence-electron chi connectivity index (χ4n) is 1.86. The van der Waals surface area contributed by atoms with E-state index in [1.165, 1.54) is 0 Å². The lowest BCUT2D eigenvalue weighted by molar-refractivity contribution is 0.185. The average Bonchev–Trinajstić information content (AvgIpc) is 2.19. The van der Waals surface area contributed by atoms with E-state index in [0.717, 1.165) is 18.4 Å². The molecule has 0 aromatic heterocycles. The van der Waals surface area contributed by atoms with Gasteiger partial charge in [-0.3, -0.25) is 5.32 Å². The van der Waals surface area contributed by atoms with Gasteiger partial charge in [-0.1, -0.05) is 12.1 Å². The summed E-state index contributed by atoms with van der Waals surface area (Å²) in [5.74, 6) is 0.251. The van der Waals surface area contributed by atoms with Gasteiger partial charge in [0.15, 0.2) is 6.30 Å². The van der Waals surface area contributed by atoms with E-state index < -0.39 is 6.30 Å². The van der Waals surface area contributed by atoms with Crippen LogP contribution in [0.25, 0.3) is 0 Å².